The molecule has 142 valence electrons. The zero-order valence-electron chi connectivity index (χ0n) is 15.3. The molecule has 2 aromatic heterocycles. The third-order valence-electron chi connectivity index (χ3n) is 5.02. The molecule has 0 radical (unpaired) electrons. The van der Waals surface area contributed by atoms with Crippen molar-refractivity contribution in [3.05, 3.63) is 46.8 Å². The monoisotopic (exact) mass is 448 g/mol. The minimum Gasteiger partial charge on any atom is -0.356 e. The summed E-state index contributed by atoms with van der Waals surface area (Å²) in [6.45, 7) is 5.98. The van der Waals surface area contributed by atoms with Gasteiger partial charge in [0.15, 0.2) is 5.65 Å². The molecule has 4 rings (SSSR count). The number of benzene rings is 1. The first-order chi connectivity index (χ1) is 12.9. The van der Waals surface area contributed by atoms with Crippen molar-refractivity contribution < 1.29 is 8.42 Å². The van der Waals surface area contributed by atoms with E-state index in [-0.39, 0.29) is 4.90 Å². The number of nitrogens with zero attached hydrogens (tertiary/aromatic N) is 4. The molecule has 1 saturated heterocycles. The standard InChI is InChI=1S/C19H21BrN4O2S/c1-13-5-7-15(8-6-13)27(25,26)24-11-16(20)17-18(21-12-22-19(17)24)23-9-3-4-14(2)10-23/h5-8,11-12,14H,3-4,9-10H2,1-2H3/t14-/m0/s1. The number of piperidine rings is 1. The van der Waals surface area contributed by atoms with Crippen LogP contribution in [0.1, 0.15) is 25.3 Å². The lowest BCUT2D eigenvalue weighted by molar-refractivity contribution is 0.445. The lowest BCUT2D eigenvalue weighted by Gasteiger charge is -2.32. The maximum absolute atomic E-state index is 13.2. The van der Waals surface area contributed by atoms with Crippen LogP contribution in [-0.4, -0.2) is 35.4 Å². The molecule has 0 saturated carbocycles. The number of fused-ring (bicyclic) bond motifs is 1. The quantitative estimate of drug-likeness (QED) is 0.605. The molecule has 3 heterocycles. The van der Waals surface area contributed by atoms with Gasteiger partial charge in [0.25, 0.3) is 10.0 Å². The van der Waals surface area contributed by atoms with Crippen LogP contribution in [0, 0.1) is 12.8 Å². The Hall–Kier alpha value is -1.93. The molecule has 0 unspecified atom stereocenters. The predicted octanol–water partition coefficient (Wildman–Crippen LogP) is 3.98. The molecular formula is C19H21BrN4O2S. The summed E-state index contributed by atoms with van der Waals surface area (Å²) in [6.07, 6.45) is 5.33. The van der Waals surface area contributed by atoms with Gasteiger partial charge in [-0.15, -0.1) is 0 Å². The number of halogens is 1. The second-order valence-electron chi connectivity index (χ2n) is 7.18. The molecule has 6 nitrogen and oxygen atoms in total. The Kier molecular flexibility index (Phi) is 4.71. The average Bonchev–Trinajstić information content (AvgIpc) is 3.00. The van der Waals surface area contributed by atoms with E-state index in [1.807, 2.05) is 6.92 Å². The number of hydrogen-bond acceptors (Lipinski definition) is 5. The molecule has 1 aromatic carbocycles. The highest BCUT2D eigenvalue weighted by Crippen LogP contribution is 2.35. The highest BCUT2D eigenvalue weighted by atomic mass is 79.9. The predicted molar refractivity (Wildman–Crippen MR) is 110 cm³/mol. The van der Waals surface area contributed by atoms with Gasteiger partial charge in [0.2, 0.25) is 0 Å². The summed E-state index contributed by atoms with van der Waals surface area (Å²) in [5, 5.41) is 0.738. The fourth-order valence-corrected chi connectivity index (χ4v) is 5.62. The summed E-state index contributed by atoms with van der Waals surface area (Å²) in [5.74, 6) is 1.37. The van der Waals surface area contributed by atoms with E-state index in [0.29, 0.717) is 16.0 Å². The van der Waals surface area contributed by atoms with Gasteiger partial charge in [-0.2, -0.15) is 0 Å². The molecule has 1 atom stereocenters. The fraction of sp³-hybridized carbons (Fsp3) is 0.368. The van der Waals surface area contributed by atoms with Crippen molar-refractivity contribution in [2.24, 2.45) is 5.92 Å². The third-order valence-corrected chi connectivity index (χ3v) is 7.29. The summed E-state index contributed by atoms with van der Waals surface area (Å²) < 4.78 is 28.3. The van der Waals surface area contributed by atoms with E-state index >= 15 is 0 Å². The lowest BCUT2D eigenvalue weighted by atomic mass is 10.0. The van der Waals surface area contributed by atoms with Crippen molar-refractivity contribution in [1.82, 2.24) is 13.9 Å². The molecule has 27 heavy (non-hydrogen) atoms. The van der Waals surface area contributed by atoms with E-state index in [9.17, 15) is 8.42 Å². The Morgan fingerprint density at radius 1 is 1.19 bits per heavy atom. The average molecular weight is 449 g/mol. The van der Waals surface area contributed by atoms with Gasteiger partial charge in [-0.3, -0.25) is 0 Å². The first kappa shape index (κ1) is 18.4. The second kappa shape index (κ2) is 6.91. The van der Waals surface area contributed by atoms with Crippen LogP contribution >= 0.6 is 15.9 Å². The maximum atomic E-state index is 13.2. The van der Waals surface area contributed by atoms with E-state index in [2.05, 4.69) is 37.7 Å². The zero-order chi connectivity index (χ0) is 19.2. The molecule has 0 amide bonds. The van der Waals surface area contributed by atoms with Crippen molar-refractivity contribution in [3.8, 4) is 0 Å². The summed E-state index contributed by atoms with van der Waals surface area (Å²) >= 11 is 3.54. The van der Waals surface area contributed by atoms with Crippen LogP contribution in [0.15, 0.2) is 46.2 Å². The van der Waals surface area contributed by atoms with E-state index < -0.39 is 10.0 Å². The molecule has 1 aliphatic rings. The van der Waals surface area contributed by atoms with Crippen LogP contribution in [0.4, 0.5) is 5.82 Å². The van der Waals surface area contributed by atoms with Gasteiger partial charge in [-0.25, -0.2) is 22.4 Å². The number of aromatic nitrogens is 3. The molecule has 1 aliphatic heterocycles. The van der Waals surface area contributed by atoms with Crippen LogP contribution in [0.25, 0.3) is 11.0 Å². The van der Waals surface area contributed by atoms with E-state index in [1.165, 1.54) is 16.7 Å². The van der Waals surface area contributed by atoms with Gasteiger partial charge in [0.05, 0.1) is 10.3 Å². The first-order valence-electron chi connectivity index (χ1n) is 8.96. The van der Waals surface area contributed by atoms with E-state index in [4.69, 9.17) is 0 Å². The summed E-state index contributed by atoms with van der Waals surface area (Å²) in [4.78, 5) is 11.3. The Morgan fingerprint density at radius 2 is 1.93 bits per heavy atom. The molecule has 0 bridgehead atoms. The molecular weight excluding hydrogens is 428 g/mol. The molecule has 0 N–H and O–H groups in total. The van der Waals surface area contributed by atoms with Gasteiger partial charge in [-0.05, 0) is 53.7 Å². The maximum Gasteiger partial charge on any atom is 0.269 e. The van der Waals surface area contributed by atoms with Crippen LogP contribution in [0.5, 0.6) is 0 Å². The zero-order valence-corrected chi connectivity index (χ0v) is 17.7. The minimum atomic E-state index is -3.74. The summed E-state index contributed by atoms with van der Waals surface area (Å²) in [6, 6.07) is 6.84. The smallest absolute Gasteiger partial charge is 0.269 e. The van der Waals surface area contributed by atoms with Crippen LogP contribution in [-0.2, 0) is 10.0 Å². The number of anilines is 1. The molecule has 0 spiro atoms. The number of aryl methyl sites for hydroxylation is 1. The fourth-order valence-electron chi connectivity index (χ4n) is 3.61. The normalized spacial score (nSPS) is 18.2. The van der Waals surface area contributed by atoms with Gasteiger partial charge in [0.1, 0.15) is 12.1 Å². The Balaban J connectivity index is 1.86. The summed E-state index contributed by atoms with van der Waals surface area (Å²) in [5.41, 5.74) is 1.40. The molecule has 1 fully saturated rings. The van der Waals surface area contributed by atoms with Crippen LogP contribution < -0.4 is 4.90 Å². The van der Waals surface area contributed by atoms with E-state index in [0.717, 1.165) is 36.3 Å². The second-order valence-corrected chi connectivity index (χ2v) is 9.85. The number of rotatable bonds is 3. The van der Waals surface area contributed by atoms with Crippen molar-refractivity contribution in [1.29, 1.82) is 0 Å². The van der Waals surface area contributed by atoms with Crippen molar-refractivity contribution in [3.63, 3.8) is 0 Å². The molecule has 8 heteroatoms. The first-order valence-corrected chi connectivity index (χ1v) is 11.2. The highest BCUT2D eigenvalue weighted by molar-refractivity contribution is 9.10. The Bertz CT molecular complexity index is 1090. The Labute approximate surface area is 167 Å². The van der Waals surface area contributed by atoms with Gasteiger partial charge in [0, 0.05) is 23.8 Å². The largest absolute Gasteiger partial charge is 0.356 e. The van der Waals surface area contributed by atoms with Crippen molar-refractivity contribution in [2.45, 2.75) is 31.6 Å². The lowest BCUT2D eigenvalue weighted by Crippen LogP contribution is -2.35. The summed E-state index contributed by atoms with van der Waals surface area (Å²) in [7, 11) is -3.74. The van der Waals surface area contributed by atoms with E-state index in [1.54, 1.807) is 30.5 Å². The molecule has 3 aromatic rings. The third kappa shape index (κ3) is 3.25. The SMILES string of the molecule is Cc1ccc(S(=O)(=O)n2cc(Br)c3c(N4CCC[C@H](C)C4)ncnc32)cc1. The van der Waals surface area contributed by atoms with Crippen molar-refractivity contribution >= 4 is 42.8 Å². The number of hydrogen-bond donors (Lipinski definition) is 0. The van der Waals surface area contributed by atoms with Crippen molar-refractivity contribution in [2.75, 3.05) is 18.0 Å². The molecule has 0 aliphatic carbocycles. The van der Waals surface area contributed by atoms with Gasteiger partial charge >= 0.3 is 0 Å². The Morgan fingerprint density at radius 3 is 2.63 bits per heavy atom. The van der Waals surface area contributed by atoms with Gasteiger partial charge in [-0.1, -0.05) is 24.6 Å². The van der Waals surface area contributed by atoms with Gasteiger partial charge < -0.3 is 4.90 Å². The highest BCUT2D eigenvalue weighted by Gasteiger charge is 2.26. The van der Waals surface area contributed by atoms with Crippen LogP contribution in [0.3, 0.4) is 0 Å². The minimum absolute atomic E-state index is 0.240. The van der Waals surface area contributed by atoms with Crippen LogP contribution in [0.2, 0.25) is 0 Å². The topological polar surface area (TPSA) is 68.1 Å².